The molecule has 208 valence electrons. The van der Waals surface area contributed by atoms with Crippen LogP contribution >= 0.6 is 0 Å². The molecule has 37 heavy (non-hydrogen) atoms. The summed E-state index contributed by atoms with van der Waals surface area (Å²) >= 11 is 0. The van der Waals surface area contributed by atoms with E-state index in [0.29, 0.717) is 12.0 Å². The fraction of sp³-hybridized carbons (Fsp3) is 0.630. The summed E-state index contributed by atoms with van der Waals surface area (Å²) in [6.07, 6.45) is 2.50. The second kappa shape index (κ2) is 15.2. The van der Waals surface area contributed by atoms with Crippen molar-refractivity contribution in [1.29, 1.82) is 0 Å². The van der Waals surface area contributed by atoms with Crippen molar-refractivity contribution in [1.82, 2.24) is 15.5 Å². The van der Waals surface area contributed by atoms with Crippen molar-refractivity contribution in [3.8, 4) is 0 Å². The molecule has 0 saturated heterocycles. The van der Waals surface area contributed by atoms with Gasteiger partial charge in [-0.05, 0) is 57.7 Å². The summed E-state index contributed by atoms with van der Waals surface area (Å²) in [4.78, 5) is 52.8. The quantitative estimate of drug-likeness (QED) is 0.268. The fourth-order valence-corrected chi connectivity index (χ4v) is 3.93. The van der Waals surface area contributed by atoms with E-state index < -0.39 is 48.2 Å². The minimum absolute atomic E-state index is 0.204. The number of alkyl carbamates (subject to hydrolysis) is 1. The molecule has 0 aliphatic heterocycles. The molecule has 0 aliphatic rings. The molecule has 10 nitrogen and oxygen atoms in total. The number of carbonyl (C=O) groups excluding carboxylic acids is 4. The van der Waals surface area contributed by atoms with Crippen molar-refractivity contribution in [2.45, 2.75) is 84.9 Å². The van der Waals surface area contributed by atoms with Crippen LogP contribution in [0.25, 0.3) is 0 Å². The lowest BCUT2D eigenvalue weighted by Gasteiger charge is -2.35. The Morgan fingerprint density at radius 1 is 1.05 bits per heavy atom. The number of methoxy groups -OCH3 is 1. The van der Waals surface area contributed by atoms with E-state index in [-0.39, 0.29) is 13.1 Å². The standard InChI is InChI=1S/C27H43N3O7/c1-8-9-10-11-15-30(25(34)20(17-31)29-26(35)37-27(4,5)6)23(24(33)28-16-21(32)36-7)22-18(2)13-12-14-19(22)3/h12-14,20,23,31H,8-11,15-17H2,1-7H3,(H,28,33)(H,29,35). The Balaban J connectivity index is 3.48. The maximum Gasteiger partial charge on any atom is 0.408 e. The van der Waals surface area contributed by atoms with E-state index >= 15 is 0 Å². The maximum atomic E-state index is 13.8. The van der Waals surface area contributed by atoms with Crippen molar-refractivity contribution in [3.05, 3.63) is 34.9 Å². The summed E-state index contributed by atoms with van der Waals surface area (Å²) < 4.78 is 9.90. The number of hydrogen-bond donors (Lipinski definition) is 3. The van der Waals surface area contributed by atoms with E-state index in [1.807, 2.05) is 32.0 Å². The van der Waals surface area contributed by atoms with E-state index in [9.17, 15) is 24.3 Å². The third-order valence-corrected chi connectivity index (χ3v) is 5.72. The molecule has 0 saturated carbocycles. The molecule has 0 spiro atoms. The Morgan fingerprint density at radius 2 is 1.68 bits per heavy atom. The predicted octanol–water partition coefficient (Wildman–Crippen LogP) is 2.93. The highest BCUT2D eigenvalue weighted by atomic mass is 16.6. The predicted molar refractivity (Wildman–Crippen MR) is 140 cm³/mol. The van der Waals surface area contributed by atoms with Crippen LogP contribution in [0.1, 0.15) is 76.1 Å². The number of nitrogens with one attached hydrogen (secondary N) is 2. The zero-order valence-electron chi connectivity index (χ0n) is 23.2. The molecule has 0 aliphatic carbocycles. The molecular weight excluding hydrogens is 478 g/mol. The molecule has 3 amide bonds. The van der Waals surface area contributed by atoms with Crippen LogP contribution in [0.4, 0.5) is 4.79 Å². The normalized spacial score (nSPS) is 12.8. The smallest absolute Gasteiger partial charge is 0.408 e. The molecule has 0 radical (unpaired) electrons. The summed E-state index contributed by atoms with van der Waals surface area (Å²) in [6.45, 7) is 9.95. The number of hydrogen-bond acceptors (Lipinski definition) is 7. The van der Waals surface area contributed by atoms with E-state index in [1.54, 1.807) is 20.8 Å². The molecule has 1 aromatic rings. The van der Waals surface area contributed by atoms with Crippen LogP contribution in [0.2, 0.25) is 0 Å². The number of aliphatic hydroxyl groups is 1. The van der Waals surface area contributed by atoms with Crippen LogP contribution in [0.5, 0.6) is 0 Å². The van der Waals surface area contributed by atoms with E-state index in [0.717, 1.165) is 30.4 Å². The van der Waals surface area contributed by atoms with Gasteiger partial charge in [0.15, 0.2) is 0 Å². The number of ether oxygens (including phenoxy) is 2. The number of unbranched alkanes of at least 4 members (excludes halogenated alkanes) is 3. The molecule has 0 fully saturated rings. The average molecular weight is 522 g/mol. The third kappa shape index (κ3) is 10.4. The van der Waals surface area contributed by atoms with Crippen molar-refractivity contribution < 1.29 is 33.8 Å². The summed E-state index contributed by atoms with van der Waals surface area (Å²) in [5.41, 5.74) is 1.37. The zero-order chi connectivity index (χ0) is 28.2. The largest absolute Gasteiger partial charge is 0.468 e. The van der Waals surface area contributed by atoms with Gasteiger partial charge in [-0.3, -0.25) is 14.4 Å². The molecule has 0 bridgehead atoms. The van der Waals surface area contributed by atoms with E-state index in [4.69, 9.17) is 4.74 Å². The van der Waals surface area contributed by atoms with Gasteiger partial charge in [0.05, 0.1) is 13.7 Å². The van der Waals surface area contributed by atoms with Gasteiger partial charge in [-0.1, -0.05) is 44.4 Å². The number of benzene rings is 1. The lowest BCUT2D eigenvalue weighted by Crippen LogP contribution is -2.55. The fourth-order valence-electron chi connectivity index (χ4n) is 3.93. The van der Waals surface area contributed by atoms with Gasteiger partial charge in [0.1, 0.15) is 24.2 Å². The highest BCUT2D eigenvalue weighted by Crippen LogP contribution is 2.29. The number of aliphatic hydroxyl groups excluding tert-OH is 1. The first-order chi connectivity index (χ1) is 17.4. The lowest BCUT2D eigenvalue weighted by molar-refractivity contribution is -0.145. The molecule has 1 rings (SSSR count). The van der Waals surface area contributed by atoms with Crippen LogP contribution in [0.15, 0.2) is 18.2 Å². The second-order valence-electron chi connectivity index (χ2n) is 9.98. The van der Waals surface area contributed by atoms with Crippen molar-refractivity contribution >= 4 is 23.9 Å². The van der Waals surface area contributed by atoms with Crippen molar-refractivity contribution in [3.63, 3.8) is 0 Å². The van der Waals surface area contributed by atoms with Gasteiger partial charge in [0, 0.05) is 6.54 Å². The molecule has 3 N–H and O–H groups in total. The van der Waals surface area contributed by atoms with Gasteiger partial charge >= 0.3 is 12.1 Å². The number of nitrogens with zero attached hydrogens (tertiary/aromatic N) is 1. The second-order valence-corrected chi connectivity index (χ2v) is 9.98. The molecule has 0 aromatic heterocycles. The minimum atomic E-state index is -1.33. The van der Waals surface area contributed by atoms with Gasteiger partial charge in [0.2, 0.25) is 11.8 Å². The number of carbonyl (C=O) groups is 4. The molecule has 10 heteroatoms. The first-order valence-electron chi connectivity index (χ1n) is 12.7. The molecular formula is C27H43N3O7. The highest BCUT2D eigenvalue weighted by Gasteiger charge is 2.37. The van der Waals surface area contributed by atoms with E-state index in [2.05, 4.69) is 22.3 Å². The Labute approximate surface area is 220 Å². The molecule has 0 heterocycles. The molecule has 2 unspecified atom stereocenters. The van der Waals surface area contributed by atoms with Gasteiger partial charge in [-0.15, -0.1) is 0 Å². The number of rotatable bonds is 13. The summed E-state index contributed by atoms with van der Waals surface area (Å²) in [7, 11) is 1.22. The van der Waals surface area contributed by atoms with Crippen LogP contribution in [0, 0.1) is 13.8 Å². The van der Waals surface area contributed by atoms with Crippen molar-refractivity contribution in [2.75, 3.05) is 26.8 Å². The van der Waals surface area contributed by atoms with Gasteiger partial charge < -0.3 is 30.1 Å². The first-order valence-corrected chi connectivity index (χ1v) is 12.7. The minimum Gasteiger partial charge on any atom is -0.468 e. The SMILES string of the molecule is CCCCCCN(C(=O)C(CO)NC(=O)OC(C)(C)C)C(C(=O)NCC(=O)OC)c1c(C)cccc1C. The Hall–Kier alpha value is -3.14. The molecule has 2 atom stereocenters. The zero-order valence-corrected chi connectivity index (χ0v) is 23.2. The van der Waals surface area contributed by atoms with Crippen LogP contribution in [-0.2, 0) is 23.9 Å². The number of aryl methyl sites for hydroxylation is 2. The molecule has 1 aromatic carbocycles. The topological polar surface area (TPSA) is 134 Å². The van der Waals surface area contributed by atoms with Gasteiger partial charge in [-0.2, -0.15) is 0 Å². The maximum absolute atomic E-state index is 13.8. The van der Waals surface area contributed by atoms with Crippen LogP contribution < -0.4 is 10.6 Å². The Kier molecular flexibility index (Phi) is 13.1. The van der Waals surface area contributed by atoms with Crippen LogP contribution in [-0.4, -0.2) is 72.3 Å². The Bertz CT molecular complexity index is 907. The van der Waals surface area contributed by atoms with Crippen LogP contribution in [0.3, 0.4) is 0 Å². The monoisotopic (exact) mass is 521 g/mol. The lowest BCUT2D eigenvalue weighted by atomic mass is 9.93. The third-order valence-electron chi connectivity index (χ3n) is 5.72. The van der Waals surface area contributed by atoms with Crippen molar-refractivity contribution in [2.24, 2.45) is 0 Å². The summed E-state index contributed by atoms with van der Waals surface area (Å²) in [5, 5.41) is 15.0. The first kappa shape index (κ1) is 31.9. The number of esters is 1. The summed E-state index contributed by atoms with van der Waals surface area (Å²) in [6, 6.07) is 3.10. The van der Waals surface area contributed by atoms with Gasteiger partial charge in [-0.25, -0.2) is 4.79 Å². The van der Waals surface area contributed by atoms with E-state index in [1.165, 1.54) is 12.0 Å². The Morgan fingerprint density at radius 3 is 2.19 bits per heavy atom. The van der Waals surface area contributed by atoms with Gasteiger partial charge in [0.25, 0.3) is 0 Å². The number of amides is 3. The summed E-state index contributed by atoms with van der Waals surface area (Å²) in [5.74, 6) is -1.83. The highest BCUT2D eigenvalue weighted by molar-refractivity contribution is 5.93. The average Bonchev–Trinajstić information content (AvgIpc) is 2.82.